The van der Waals surface area contributed by atoms with Crippen molar-refractivity contribution in [3.63, 3.8) is 0 Å². The summed E-state index contributed by atoms with van der Waals surface area (Å²) in [7, 11) is 4.63. The van der Waals surface area contributed by atoms with E-state index in [1.165, 1.54) is 14.2 Å². The third-order valence-electron chi connectivity index (χ3n) is 3.13. The van der Waals surface area contributed by atoms with Crippen molar-refractivity contribution < 1.29 is 19.0 Å². The van der Waals surface area contributed by atoms with Crippen LogP contribution in [0.2, 0.25) is 5.02 Å². The van der Waals surface area contributed by atoms with Crippen molar-refractivity contribution in [3.8, 4) is 28.4 Å². The lowest BCUT2D eigenvalue weighted by Crippen LogP contribution is -1.98. The molecule has 0 radical (unpaired) electrons. The average molecular weight is 307 g/mol. The van der Waals surface area contributed by atoms with Crippen LogP contribution in [0.1, 0.15) is 10.4 Å². The van der Waals surface area contributed by atoms with Crippen molar-refractivity contribution in [2.75, 3.05) is 21.3 Å². The fourth-order valence-electron chi connectivity index (χ4n) is 2.19. The summed E-state index contributed by atoms with van der Waals surface area (Å²) in [5.41, 5.74) is 1.93. The molecule has 0 fully saturated rings. The highest BCUT2D eigenvalue weighted by atomic mass is 35.5. The van der Waals surface area contributed by atoms with Gasteiger partial charge in [-0.1, -0.05) is 17.7 Å². The Morgan fingerprint density at radius 2 is 1.57 bits per heavy atom. The molecule has 0 saturated carbocycles. The molecule has 21 heavy (non-hydrogen) atoms. The van der Waals surface area contributed by atoms with Crippen molar-refractivity contribution in [3.05, 3.63) is 40.9 Å². The van der Waals surface area contributed by atoms with Gasteiger partial charge in [0, 0.05) is 16.1 Å². The van der Waals surface area contributed by atoms with Crippen LogP contribution < -0.4 is 14.2 Å². The predicted octanol–water partition coefficient (Wildman–Crippen LogP) is 3.85. The van der Waals surface area contributed by atoms with Gasteiger partial charge in [0.15, 0.2) is 17.8 Å². The topological polar surface area (TPSA) is 44.8 Å². The standard InChI is InChI=1S/C16H15ClO4/c1-19-14-7-6-13(15(20-2)16(14)21-3)12-5-4-11(17)8-10(12)9-18/h4-9H,1-3H3. The number of hydrogen-bond acceptors (Lipinski definition) is 4. The summed E-state index contributed by atoms with van der Waals surface area (Å²) in [6, 6.07) is 8.69. The maximum absolute atomic E-state index is 11.3. The Bertz CT molecular complexity index is 668. The molecule has 0 unspecified atom stereocenters. The highest BCUT2D eigenvalue weighted by Gasteiger charge is 2.18. The predicted molar refractivity (Wildman–Crippen MR) is 81.9 cm³/mol. The second-order valence-corrected chi connectivity index (χ2v) is 4.67. The van der Waals surface area contributed by atoms with E-state index in [2.05, 4.69) is 0 Å². The zero-order valence-corrected chi connectivity index (χ0v) is 12.7. The zero-order chi connectivity index (χ0) is 15.4. The lowest BCUT2D eigenvalue weighted by Gasteiger charge is -2.16. The fraction of sp³-hybridized carbons (Fsp3) is 0.188. The molecule has 2 aromatic rings. The third-order valence-corrected chi connectivity index (χ3v) is 3.37. The van der Waals surface area contributed by atoms with Gasteiger partial charge in [0.25, 0.3) is 0 Å². The van der Waals surface area contributed by atoms with Crippen LogP contribution in [0.15, 0.2) is 30.3 Å². The second-order valence-electron chi connectivity index (χ2n) is 4.23. The van der Waals surface area contributed by atoms with E-state index >= 15 is 0 Å². The summed E-state index contributed by atoms with van der Waals surface area (Å²) in [6.45, 7) is 0. The Morgan fingerprint density at radius 1 is 0.905 bits per heavy atom. The number of aldehydes is 1. The van der Waals surface area contributed by atoms with Gasteiger partial charge in [0.2, 0.25) is 5.75 Å². The van der Waals surface area contributed by atoms with Crippen molar-refractivity contribution in [2.45, 2.75) is 0 Å². The molecule has 0 saturated heterocycles. The Balaban J connectivity index is 2.72. The van der Waals surface area contributed by atoms with Crippen LogP contribution in [0, 0.1) is 0 Å². The van der Waals surface area contributed by atoms with Crippen molar-refractivity contribution >= 4 is 17.9 Å². The summed E-state index contributed by atoms with van der Waals surface area (Å²) in [6.07, 6.45) is 0.761. The Morgan fingerprint density at radius 3 is 2.14 bits per heavy atom. The molecular weight excluding hydrogens is 292 g/mol. The molecule has 0 atom stereocenters. The van der Waals surface area contributed by atoms with Gasteiger partial charge in [0.1, 0.15) is 0 Å². The molecular formula is C16H15ClO4. The van der Waals surface area contributed by atoms with Crippen LogP contribution in [0.25, 0.3) is 11.1 Å². The van der Waals surface area contributed by atoms with E-state index in [-0.39, 0.29) is 0 Å². The minimum Gasteiger partial charge on any atom is -0.493 e. The maximum Gasteiger partial charge on any atom is 0.203 e. The number of carbonyl (C=O) groups is 1. The summed E-state index contributed by atoms with van der Waals surface area (Å²) in [5, 5.41) is 0.500. The van der Waals surface area contributed by atoms with Gasteiger partial charge in [-0.15, -0.1) is 0 Å². The first kappa shape index (κ1) is 15.2. The van der Waals surface area contributed by atoms with Crippen LogP contribution >= 0.6 is 11.6 Å². The molecule has 0 aliphatic heterocycles. The van der Waals surface area contributed by atoms with Crippen LogP contribution in [0.4, 0.5) is 0 Å². The molecule has 0 aliphatic carbocycles. The molecule has 0 N–H and O–H groups in total. The van der Waals surface area contributed by atoms with Crippen molar-refractivity contribution in [1.29, 1.82) is 0 Å². The number of ether oxygens (including phenoxy) is 3. The van der Waals surface area contributed by atoms with Crippen LogP contribution in [0.3, 0.4) is 0 Å². The first-order valence-corrected chi connectivity index (χ1v) is 6.58. The van der Waals surface area contributed by atoms with E-state index in [1.807, 2.05) is 6.07 Å². The van der Waals surface area contributed by atoms with Gasteiger partial charge in [0.05, 0.1) is 21.3 Å². The van der Waals surface area contributed by atoms with E-state index in [1.54, 1.807) is 31.4 Å². The average Bonchev–Trinajstić information content (AvgIpc) is 2.53. The fourth-order valence-corrected chi connectivity index (χ4v) is 2.37. The molecule has 2 aromatic carbocycles. The van der Waals surface area contributed by atoms with Crippen LogP contribution in [-0.2, 0) is 0 Å². The molecule has 4 nitrogen and oxygen atoms in total. The molecule has 0 aromatic heterocycles. The van der Waals surface area contributed by atoms with Crippen LogP contribution in [0.5, 0.6) is 17.2 Å². The van der Waals surface area contributed by atoms with Gasteiger partial charge in [-0.2, -0.15) is 0 Å². The largest absolute Gasteiger partial charge is 0.493 e. The van der Waals surface area contributed by atoms with E-state index in [4.69, 9.17) is 25.8 Å². The zero-order valence-electron chi connectivity index (χ0n) is 12.0. The molecule has 2 rings (SSSR count). The first-order chi connectivity index (χ1) is 10.2. The van der Waals surface area contributed by atoms with Gasteiger partial charge in [-0.3, -0.25) is 4.79 Å². The van der Waals surface area contributed by atoms with E-state index < -0.39 is 0 Å². The van der Waals surface area contributed by atoms with Gasteiger partial charge in [-0.25, -0.2) is 0 Å². The SMILES string of the molecule is COc1ccc(-c2ccc(Cl)cc2C=O)c(OC)c1OC. The van der Waals surface area contributed by atoms with Crippen molar-refractivity contribution in [1.82, 2.24) is 0 Å². The molecule has 0 bridgehead atoms. The van der Waals surface area contributed by atoms with E-state index in [0.29, 0.717) is 33.4 Å². The number of carbonyl (C=O) groups excluding carboxylic acids is 1. The minimum atomic E-state index is 0.476. The Labute approximate surface area is 128 Å². The summed E-state index contributed by atoms with van der Waals surface area (Å²) in [4.78, 5) is 11.3. The lowest BCUT2D eigenvalue weighted by atomic mass is 9.99. The van der Waals surface area contributed by atoms with Gasteiger partial charge >= 0.3 is 0 Å². The lowest BCUT2D eigenvalue weighted by molar-refractivity contribution is 0.112. The third kappa shape index (κ3) is 2.81. The second kappa shape index (κ2) is 6.50. The van der Waals surface area contributed by atoms with Gasteiger partial charge in [-0.05, 0) is 29.8 Å². The van der Waals surface area contributed by atoms with Crippen molar-refractivity contribution in [2.24, 2.45) is 0 Å². The maximum atomic E-state index is 11.3. The molecule has 0 aliphatic rings. The normalized spacial score (nSPS) is 10.1. The number of hydrogen-bond donors (Lipinski definition) is 0. The number of benzene rings is 2. The Hall–Kier alpha value is -2.20. The summed E-state index contributed by atoms with van der Waals surface area (Å²) in [5.74, 6) is 1.53. The van der Waals surface area contributed by atoms with Gasteiger partial charge < -0.3 is 14.2 Å². The summed E-state index contributed by atoms with van der Waals surface area (Å²) < 4.78 is 16.0. The smallest absolute Gasteiger partial charge is 0.203 e. The quantitative estimate of drug-likeness (QED) is 0.787. The molecule has 5 heteroatoms. The van der Waals surface area contributed by atoms with E-state index in [9.17, 15) is 4.79 Å². The van der Waals surface area contributed by atoms with E-state index in [0.717, 1.165) is 11.8 Å². The molecule has 0 amide bonds. The highest BCUT2D eigenvalue weighted by Crippen LogP contribution is 2.45. The monoisotopic (exact) mass is 306 g/mol. The molecule has 110 valence electrons. The Kier molecular flexibility index (Phi) is 4.70. The first-order valence-electron chi connectivity index (χ1n) is 6.20. The number of rotatable bonds is 5. The molecule has 0 heterocycles. The van der Waals surface area contributed by atoms with Crippen LogP contribution in [-0.4, -0.2) is 27.6 Å². The highest BCUT2D eigenvalue weighted by molar-refractivity contribution is 6.31. The summed E-state index contributed by atoms with van der Waals surface area (Å²) >= 11 is 5.93. The number of methoxy groups -OCH3 is 3. The number of halogens is 1. The molecule has 0 spiro atoms. The minimum absolute atomic E-state index is 0.476.